The van der Waals surface area contributed by atoms with E-state index in [1.807, 2.05) is 25.7 Å². The van der Waals surface area contributed by atoms with Gasteiger partial charge in [-0.1, -0.05) is 11.6 Å². The van der Waals surface area contributed by atoms with E-state index >= 15 is 0 Å². The highest BCUT2D eigenvalue weighted by atomic mass is 16.3. The van der Waals surface area contributed by atoms with Crippen LogP contribution in [0.15, 0.2) is 18.2 Å². The van der Waals surface area contributed by atoms with Crippen molar-refractivity contribution in [2.75, 3.05) is 32.7 Å². The van der Waals surface area contributed by atoms with Gasteiger partial charge in [0.1, 0.15) is 5.75 Å². The summed E-state index contributed by atoms with van der Waals surface area (Å²) in [5, 5.41) is 12.7. The molecule has 0 bridgehead atoms. The van der Waals surface area contributed by atoms with Crippen LogP contribution in [0.1, 0.15) is 29.8 Å². The second-order valence-corrected chi connectivity index (χ2v) is 6.31. The third kappa shape index (κ3) is 4.69. The maximum Gasteiger partial charge on any atom is 0.257 e. The van der Waals surface area contributed by atoms with Crippen LogP contribution in [0.4, 0.5) is 0 Å². The summed E-state index contributed by atoms with van der Waals surface area (Å²) in [7, 11) is 0. The SMILES string of the molecule is Cc1ccc(O)c(C(=O)N2CCN(CC(=O)NC(C)C)CC2)c1. The van der Waals surface area contributed by atoms with Gasteiger partial charge in [-0.05, 0) is 32.9 Å². The monoisotopic (exact) mass is 319 g/mol. The molecule has 6 heteroatoms. The van der Waals surface area contributed by atoms with Crippen molar-refractivity contribution < 1.29 is 14.7 Å². The molecular formula is C17H25N3O3. The van der Waals surface area contributed by atoms with Crippen molar-refractivity contribution in [1.82, 2.24) is 15.1 Å². The van der Waals surface area contributed by atoms with Crippen LogP contribution in [0.25, 0.3) is 0 Å². The molecule has 1 aliphatic rings. The topological polar surface area (TPSA) is 72.9 Å². The highest BCUT2D eigenvalue weighted by molar-refractivity contribution is 5.97. The molecule has 23 heavy (non-hydrogen) atoms. The third-order valence-electron chi connectivity index (χ3n) is 3.86. The van der Waals surface area contributed by atoms with Crippen LogP contribution in [0.3, 0.4) is 0 Å². The summed E-state index contributed by atoms with van der Waals surface area (Å²) in [4.78, 5) is 28.1. The van der Waals surface area contributed by atoms with Crippen LogP contribution in [0, 0.1) is 6.92 Å². The molecule has 1 fully saturated rings. The summed E-state index contributed by atoms with van der Waals surface area (Å²) in [6.07, 6.45) is 0. The van der Waals surface area contributed by atoms with Gasteiger partial charge in [0, 0.05) is 32.2 Å². The van der Waals surface area contributed by atoms with Crippen LogP contribution in [0.2, 0.25) is 0 Å². The second-order valence-electron chi connectivity index (χ2n) is 6.31. The van der Waals surface area contributed by atoms with E-state index < -0.39 is 0 Å². The number of amides is 2. The maximum atomic E-state index is 12.5. The van der Waals surface area contributed by atoms with E-state index in [2.05, 4.69) is 5.32 Å². The van der Waals surface area contributed by atoms with Crippen molar-refractivity contribution in [3.63, 3.8) is 0 Å². The molecule has 2 N–H and O–H groups in total. The lowest BCUT2D eigenvalue weighted by molar-refractivity contribution is -0.123. The van der Waals surface area contributed by atoms with E-state index in [4.69, 9.17) is 0 Å². The van der Waals surface area contributed by atoms with Gasteiger partial charge in [-0.15, -0.1) is 0 Å². The Hall–Kier alpha value is -2.08. The quantitative estimate of drug-likeness (QED) is 0.868. The average Bonchev–Trinajstić information content (AvgIpc) is 2.49. The maximum absolute atomic E-state index is 12.5. The van der Waals surface area contributed by atoms with Gasteiger partial charge >= 0.3 is 0 Å². The molecule has 1 heterocycles. The van der Waals surface area contributed by atoms with Gasteiger partial charge in [-0.3, -0.25) is 14.5 Å². The van der Waals surface area contributed by atoms with Crippen molar-refractivity contribution in [2.45, 2.75) is 26.8 Å². The minimum atomic E-state index is -0.155. The molecular weight excluding hydrogens is 294 g/mol. The van der Waals surface area contributed by atoms with Crippen molar-refractivity contribution in [2.24, 2.45) is 0 Å². The lowest BCUT2D eigenvalue weighted by Gasteiger charge is -2.34. The van der Waals surface area contributed by atoms with Crippen molar-refractivity contribution >= 4 is 11.8 Å². The highest BCUT2D eigenvalue weighted by Crippen LogP contribution is 2.20. The van der Waals surface area contributed by atoms with E-state index in [-0.39, 0.29) is 23.6 Å². The van der Waals surface area contributed by atoms with E-state index in [1.54, 1.807) is 23.1 Å². The first-order valence-corrected chi connectivity index (χ1v) is 7.97. The molecule has 126 valence electrons. The van der Waals surface area contributed by atoms with E-state index in [1.165, 1.54) is 0 Å². The number of carbonyl (C=O) groups excluding carboxylic acids is 2. The Morgan fingerprint density at radius 2 is 1.87 bits per heavy atom. The molecule has 0 spiro atoms. The van der Waals surface area contributed by atoms with Crippen LogP contribution in [-0.4, -0.2) is 65.5 Å². The van der Waals surface area contributed by atoms with Gasteiger partial charge in [-0.2, -0.15) is 0 Å². The molecule has 0 atom stereocenters. The van der Waals surface area contributed by atoms with Gasteiger partial charge in [-0.25, -0.2) is 0 Å². The normalized spacial score (nSPS) is 15.7. The average molecular weight is 319 g/mol. The molecule has 1 aliphatic heterocycles. The molecule has 6 nitrogen and oxygen atoms in total. The molecule has 0 saturated carbocycles. The highest BCUT2D eigenvalue weighted by Gasteiger charge is 2.24. The van der Waals surface area contributed by atoms with Gasteiger partial charge < -0.3 is 15.3 Å². The first kappa shape index (κ1) is 17.3. The number of benzene rings is 1. The second kappa shape index (κ2) is 7.46. The number of hydrogen-bond acceptors (Lipinski definition) is 4. The standard InChI is InChI=1S/C17H25N3O3/c1-12(2)18-16(22)11-19-6-8-20(9-7-19)17(23)14-10-13(3)4-5-15(14)21/h4-5,10,12,21H,6-9,11H2,1-3H3,(H,18,22). The summed E-state index contributed by atoms with van der Waals surface area (Å²) in [6, 6.07) is 5.17. The third-order valence-corrected chi connectivity index (χ3v) is 3.86. The number of aromatic hydroxyl groups is 1. The number of rotatable bonds is 4. The zero-order valence-corrected chi connectivity index (χ0v) is 14.0. The number of piperazine rings is 1. The number of phenolic OH excluding ortho intramolecular Hbond substituents is 1. The Morgan fingerprint density at radius 3 is 2.48 bits per heavy atom. The van der Waals surface area contributed by atoms with Crippen LogP contribution < -0.4 is 5.32 Å². The lowest BCUT2D eigenvalue weighted by atomic mass is 10.1. The van der Waals surface area contributed by atoms with E-state index in [0.717, 1.165) is 5.56 Å². The summed E-state index contributed by atoms with van der Waals surface area (Å²) in [5.74, 6) is -0.132. The minimum Gasteiger partial charge on any atom is -0.507 e. The van der Waals surface area contributed by atoms with Crippen molar-refractivity contribution in [3.8, 4) is 5.75 Å². The molecule has 0 aliphatic carbocycles. The Bertz CT molecular complexity index is 578. The summed E-state index contributed by atoms with van der Waals surface area (Å²) < 4.78 is 0. The van der Waals surface area contributed by atoms with Gasteiger partial charge in [0.15, 0.2) is 0 Å². The summed E-state index contributed by atoms with van der Waals surface area (Å²) in [5.41, 5.74) is 1.28. The number of aryl methyl sites for hydroxylation is 1. The van der Waals surface area contributed by atoms with Gasteiger partial charge in [0.2, 0.25) is 5.91 Å². The fraction of sp³-hybridized carbons (Fsp3) is 0.529. The number of phenols is 1. The fourth-order valence-electron chi connectivity index (χ4n) is 2.67. The molecule has 0 aromatic heterocycles. The molecule has 1 aromatic carbocycles. The Balaban J connectivity index is 1.90. The molecule has 1 aromatic rings. The van der Waals surface area contributed by atoms with E-state index in [0.29, 0.717) is 38.3 Å². The van der Waals surface area contributed by atoms with Gasteiger partial charge in [0.05, 0.1) is 12.1 Å². The molecule has 2 rings (SSSR count). The minimum absolute atomic E-state index is 0.0103. The number of nitrogens with one attached hydrogen (secondary N) is 1. The zero-order valence-electron chi connectivity index (χ0n) is 14.0. The van der Waals surface area contributed by atoms with Crippen molar-refractivity contribution in [3.05, 3.63) is 29.3 Å². The van der Waals surface area contributed by atoms with Gasteiger partial charge in [0.25, 0.3) is 5.91 Å². The first-order chi connectivity index (χ1) is 10.9. The Labute approximate surface area is 137 Å². The molecule has 0 radical (unpaired) electrons. The smallest absolute Gasteiger partial charge is 0.257 e. The largest absolute Gasteiger partial charge is 0.507 e. The first-order valence-electron chi connectivity index (χ1n) is 7.97. The van der Waals surface area contributed by atoms with Crippen molar-refractivity contribution in [1.29, 1.82) is 0 Å². The molecule has 1 saturated heterocycles. The predicted molar refractivity (Wildman–Crippen MR) is 88.5 cm³/mol. The fourth-order valence-corrected chi connectivity index (χ4v) is 2.67. The summed E-state index contributed by atoms with van der Waals surface area (Å²) in [6.45, 7) is 8.54. The van der Waals surface area contributed by atoms with Crippen LogP contribution in [0.5, 0.6) is 5.75 Å². The number of carbonyl (C=O) groups is 2. The zero-order chi connectivity index (χ0) is 17.0. The molecule has 2 amide bonds. The number of nitrogens with zero attached hydrogens (tertiary/aromatic N) is 2. The Kier molecular flexibility index (Phi) is 5.60. The summed E-state index contributed by atoms with van der Waals surface area (Å²) >= 11 is 0. The van der Waals surface area contributed by atoms with Crippen LogP contribution in [-0.2, 0) is 4.79 Å². The van der Waals surface area contributed by atoms with Crippen LogP contribution >= 0.6 is 0 Å². The Morgan fingerprint density at radius 1 is 1.22 bits per heavy atom. The lowest BCUT2D eigenvalue weighted by Crippen LogP contribution is -2.51. The predicted octanol–water partition coefficient (Wildman–Crippen LogP) is 0.983. The number of hydrogen-bond donors (Lipinski definition) is 2. The molecule has 0 unspecified atom stereocenters. The van der Waals surface area contributed by atoms with E-state index in [9.17, 15) is 14.7 Å².